The van der Waals surface area contributed by atoms with Gasteiger partial charge in [-0.05, 0) is 24.3 Å². The van der Waals surface area contributed by atoms with Gasteiger partial charge in [0.1, 0.15) is 0 Å². The maximum atomic E-state index is 10.7. The second-order valence-electron chi connectivity index (χ2n) is 3.17. The summed E-state index contributed by atoms with van der Waals surface area (Å²) in [4.78, 5) is 10.7. The number of nitrogens with zero attached hydrogens (tertiary/aromatic N) is 3. The number of nitrogens with one attached hydrogen (secondary N) is 1. The summed E-state index contributed by atoms with van der Waals surface area (Å²) in [5.74, 6) is 5.26. The molecule has 0 unspecified atom stereocenters. The zero-order valence-corrected chi connectivity index (χ0v) is 8.29. The van der Waals surface area contributed by atoms with Crippen LogP contribution >= 0.6 is 0 Å². The van der Waals surface area contributed by atoms with Gasteiger partial charge in [-0.3, -0.25) is 9.36 Å². The molecule has 0 saturated carbocycles. The molecule has 0 aliphatic heterocycles. The summed E-state index contributed by atoms with van der Waals surface area (Å²) >= 11 is 0. The molecule has 1 aromatic heterocycles. The standard InChI is InChI=1S/C10H9N5O/c11-13-10(14-12)8-1-2-9-7(5-8)3-4-15(9)6-16/h1-6,11H,12H2/b13-11?,14-10-. The van der Waals surface area contributed by atoms with E-state index in [1.165, 1.54) is 4.57 Å². The van der Waals surface area contributed by atoms with Gasteiger partial charge in [0.05, 0.1) is 5.52 Å². The summed E-state index contributed by atoms with van der Waals surface area (Å²) in [6.45, 7) is 0. The monoisotopic (exact) mass is 215 g/mol. The van der Waals surface area contributed by atoms with Gasteiger partial charge in [-0.1, -0.05) is 0 Å². The van der Waals surface area contributed by atoms with Gasteiger partial charge in [-0.2, -0.15) is 5.10 Å². The first-order valence-corrected chi connectivity index (χ1v) is 4.51. The van der Waals surface area contributed by atoms with Crippen molar-refractivity contribution in [1.82, 2.24) is 4.57 Å². The average molecular weight is 215 g/mol. The first-order valence-electron chi connectivity index (χ1n) is 4.51. The molecule has 6 heteroatoms. The highest BCUT2D eigenvalue weighted by molar-refractivity contribution is 6.02. The van der Waals surface area contributed by atoms with E-state index < -0.39 is 0 Å². The first kappa shape index (κ1) is 10.0. The lowest BCUT2D eigenvalue weighted by Gasteiger charge is -1.99. The summed E-state index contributed by atoms with van der Waals surface area (Å²) in [6.07, 6.45) is 2.40. The SMILES string of the molecule is N=N/C(=N\N)c1ccc2c(ccn2C=O)c1. The van der Waals surface area contributed by atoms with Gasteiger partial charge < -0.3 is 5.84 Å². The molecule has 16 heavy (non-hydrogen) atoms. The van der Waals surface area contributed by atoms with Crippen LogP contribution in [-0.2, 0) is 4.79 Å². The fourth-order valence-corrected chi connectivity index (χ4v) is 1.56. The molecule has 0 saturated heterocycles. The molecule has 1 heterocycles. The van der Waals surface area contributed by atoms with E-state index in [0.29, 0.717) is 5.56 Å². The predicted octanol–water partition coefficient (Wildman–Crippen LogP) is 1.33. The van der Waals surface area contributed by atoms with Crippen LogP contribution in [0.3, 0.4) is 0 Å². The van der Waals surface area contributed by atoms with Crippen molar-refractivity contribution < 1.29 is 4.79 Å². The molecule has 0 spiro atoms. The first-order chi connectivity index (χ1) is 7.80. The minimum atomic E-state index is 0.153. The zero-order chi connectivity index (χ0) is 11.5. The molecular formula is C10H9N5O. The fourth-order valence-electron chi connectivity index (χ4n) is 1.56. The highest BCUT2D eigenvalue weighted by atomic mass is 16.1. The van der Waals surface area contributed by atoms with Crippen LogP contribution in [0.4, 0.5) is 0 Å². The maximum Gasteiger partial charge on any atom is 0.218 e. The van der Waals surface area contributed by atoms with Crippen molar-refractivity contribution in [2.24, 2.45) is 16.1 Å². The number of fused-ring (bicyclic) bond motifs is 1. The Labute approximate surface area is 90.9 Å². The van der Waals surface area contributed by atoms with Crippen molar-refractivity contribution >= 4 is 23.1 Å². The Bertz CT molecular complexity index is 584. The highest BCUT2D eigenvalue weighted by Crippen LogP contribution is 2.17. The third-order valence-electron chi connectivity index (χ3n) is 2.32. The van der Waals surface area contributed by atoms with Crippen molar-refractivity contribution in [3.05, 3.63) is 36.0 Å². The normalized spacial score (nSPS) is 11.6. The fraction of sp³-hybridized carbons (Fsp3) is 0. The number of amidine groups is 1. The minimum absolute atomic E-state index is 0.153. The number of rotatable bonds is 2. The molecule has 1 aromatic carbocycles. The number of aromatic nitrogens is 1. The van der Waals surface area contributed by atoms with Crippen LogP contribution in [0.5, 0.6) is 0 Å². The topological polar surface area (TPSA) is 96.6 Å². The van der Waals surface area contributed by atoms with Gasteiger partial charge in [-0.15, -0.1) is 5.11 Å². The van der Waals surface area contributed by atoms with E-state index >= 15 is 0 Å². The molecule has 0 atom stereocenters. The summed E-state index contributed by atoms with van der Waals surface area (Å²) in [5.41, 5.74) is 8.34. The van der Waals surface area contributed by atoms with Gasteiger partial charge in [0.15, 0.2) is 5.84 Å². The Morgan fingerprint density at radius 3 is 2.88 bits per heavy atom. The van der Waals surface area contributed by atoms with Crippen LogP contribution in [0.2, 0.25) is 0 Å². The van der Waals surface area contributed by atoms with Gasteiger partial charge in [0, 0.05) is 17.1 Å². The average Bonchev–Trinajstić information content (AvgIpc) is 2.73. The molecule has 0 aliphatic rings. The number of benzene rings is 1. The van der Waals surface area contributed by atoms with Gasteiger partial charge in [0.25, 0.3) is 0 Å². The summed E-state index contributed by atoms with van der Waals surface area (Å²) in [6, 6.07) is 7.05. The van der Waals surface area contributed by atoms with E-state index in [4.69, 9.17) is 11.4 Å². The summed E-state index contributed by atoms with van der Waals surface area (Å²) in [5, 5.41) is 7.48. The summed E-state index contributed by atoms with van der Waals surface area (Å²) in [7, 11) is 0. The largest absolute Gasteiger partial charge is 0.321 e. The highest BCUT2D eigenvalue weighted by Gasteiger charge is 2.05. The van der Waals surface area contributed by atoms with E-state index in [0.717, 1.165) is 17.3 Å². The second kappa shape index (κ2) is 3.93. The van der Waals surface area contributed by atoms with E-state index in [1.54, 1.807) is 30.5 Å². The van der Waals surface area contributed by atoms with Crippen LogP contribution in [0.25, 0.3) is 10.9 Å². The van der Waals surface area contributed by atoms with Crippen LogP contribution in [0.1, 0.15) is 5.56 Å². The molecule has 3 N–H and O–H groups in total. The predicted molar refractivity (Wildman–Crippen MR) is 60.0 cm³/mol. The Morgan fingerprint density at radius 2 is 2.25 bits per heavy atom. The molecule has 2 aromatic rings. The third kappa shape index (κ3) is 1.46. The lowest BCUT2D eigenvalue weighted by Crippen LogP contribution is -2.00. The zero-order valence-electron chi connectivity index (χ0n) is 8.29. The van der Waals surface area contributed by atoms with Gasteiger partial charge >= 0.3 is 0 Å². The molecular weight excluding hydrogens is 206 g/mol. The minimum Gasteiger partial charge on any atom is -0.321 e. The van der Waals surface area contributed by atoms with E-state index in [9.17, 15) is 4.79 Å². The number of nitrogens with two attached hydrogens (primary N) is 1. The smallest absolute Gasteiger partial charge is 0.218 e. The Hall–Kier alpha value is -2.50. The van der Waals surface area contributed by atoms with Crippen LogP contribution < -0.4 is 5.84 Å². The Kier molecular flexibility index (Phi) is 2.47. The number of hydrazone groups is 1. The Morgan fingerprint density at radius 1 is 1.44 bits per heavy atom. The molecule has 80 valence electrons. The third-order valence-corrected chi connectivity index (χ3v) is 2.32. The molecule has 6 nitrogen and oxygen atoms in total. The summed E-state index contributed by atoms with van der Waals surface area (Å²) < 4.78 is 1.47. The van der Waals surface area contributed by atoms with E-state index in [-0.39, 0.29) is 5.84 Å². The van der Waals surface area contributed by atoms with Crippen molar-refractivity contribution in [3.8, 4) is 0 Å². The Balaban J connectivity index is 2.61. The molecule has 0 fully saturated rings. The van der Waals surface area contributed by atoms with Gasteiger partial charge in [-0.25, -0.2) is 5.53 Å². The van der Waals surface area contributed by atoms with Crippen LogP contribution in [0, 0.1) is 5.53 Å². The van der Waals surface area contributed by atoms with Crippen molar-refractivity contribution in [1.29, 1.82) is 5.53 Å². The van der Waals surface area contributed by atoms with Gasteiger partial charge in [0.2, 0.25) is 6.41 Å². The number of hydrogen-bond acceptors (Lipinski definition) is 4. The number of carbonyl (C=O) groups excluding carboxylic acids is 1. The molecule has 2 rings (SSSR count). The lowest BCUT2D eigenvalue weighted by molar-refractivity contribution is 0.549. The lowest BCUT2D eigenvalue weighted by atomic mass is 10.1. The van der Waals surface area contributed by atoms with Crippen molar-refractivity contribution in [2.75, 3.05) is 0 Å². The quantitative estimate of drug-likeness (QED) is 0.197. The molecule has 0 bridgehead atoms. The van der Waals surface area contributed by atoms with Crippen molar-refractivity contribution in [2.45, 2.75) is 0 Å². The second-order valence-corrected chi connectivity index (χ2v) is 3.17. The molecule has 0 amide bonds. The van der Waals surface area contributed by atoms with Crippen LogP contribution in [-0.4, -0.2) is 16.8 Å². The number of carbonyl (C=O) groups is 1. The van der Waals surface area contributed by atoms with E-state index in [1.807, 2.05) is 0 Å². The number of hydrogen-bond donors (Lipinski definition) is 2. The maximum absolute atomic E-state index is 10.7. The van der Waals surface area contributed by atoms with Crippen LogP contribution in [0.15, 0.2) is 40.7 Å². The van der Waals surface area contributed by atoms with Crippen molar-refractivity contribution in [3.63, 3.8) is 0 Å². The molecule has 0 aliphatic carbocycles. The van der Waals surface area contributed by atoms with E-state index in [2.05, 4.69) is 10.2 Å². The molecule has 0 radical (unpaired) electrons.